The van der Waals surface area contributed by atoms with Crippen LogP contribution in [0.3, 0.4) is 0 Å². The molecule has 54 valence electrons. The molecular weight excluding hydrogens is 146 g/mol. The zero-order chi connectivity index (χ0) is 7.72. The Morgan fingerprint density at radius 2 is 2.30 bits per heavy atom. The highest BCUT2D eigenvalue weighted by Crippen LogP contribution is 2.23. The Labute approximate surface area is 63.7 Å². The third kappa shape index (κ3) is 1.04. The van der Waals surface area contributed by atoms with E-state index in [0.717, 1.165) is 16.1 Å². The van der Waals surface area contributed by atoms with E-state index >= 15 is 0 Å². The zero-order valence-electron chi connectivity index (χ0n) is 5.97. The van der Waals surface area contributed by atoms with E-state index in [1.54, 1.807) is 12.3 Å². The minimum atomic E-state index is 0.0965. The van der Waals surface area contributed by atoms with Crippen LogP contribution < -0.4 is 5.73 Å². The van der Waals surface area contributed by atoms with Crippen molar-refractivity contribution >= 4 is 22.8 Å². The molecule has 10 heavy (non-hydrogen) atoms. The molecule has 0 aliphatic carbocycles. The second-order valence-electron chi connectivity index (χ2n) is 2.20. The minimum Gasteiger partial charge on any atom is -0.398 e. The number of thiophene rings is 1. The average Bonchev–Trinajstić information content (AvgIpc) is 2.14. The summed E-state index contributed by atoms with van der Waals surface area (Å²) in [5.74, 6) is 0.0965. The Balaban J connectivity index is 3.17. The van der Waals surface area contributed by atoms with E-state index in [-0.39, 0.29) is 5.78 Å². The van der Waals surface area contributed by atoms with Crippen LogP contribution >= 0.6 is 11.3 Å². The van der Waals surface area contributed by atoms with Gasteiger partial charge < -0.3 is 5.73 Å². The standard InChI is InChI=1S/C7H9NOS/c1-4-6(8)3-10-7(4)5(2)9/h3H,8H2,1-2H3. The number of carbonyl (C=O) groups is 1. The molecule has 2 nitrogen and oxygen atoms in total. The maximum absolute atomic E-state index is 10.8. The second-order valence-corrected chi connectivity index (χ2v) is 3.08. The monoisotopic (exact) mass is 155 g/mol. The molecule has 3 heteroatoms. The molecule has 0 aromatic carbocycles. The molecule has 0 atom stereocenters. The zero-order valence-corrected chi connectivity index (χ0v) is 6.79. The molecule has 0 aliphatic rings. The summed E-state index contributed by atoms with van der Waals surface area (Å²) in [6, 6.07) is 0. The number of carbonyl (C=O) groups excluding carboxylic acids is 1. The number of hydrogen-bond donors (Lipinski definition) is 1. The molecule has 1 aromatic rings. The van der Waals surface area contributed by atoms with Crippen molar-refractivity contribution in [1.29, 1.82) is 0 Å². The number of rotatable bonds is 1. The number of hydrogen-bond acceptors (Lipinski definition) is 3. The SMILES string of the molecule is CC(=O)c1scc(N)c1C. The van der Waals surface area contributed by atoms with Gasteiger partial charge in [-0.15, -0.1) is 11.3 Å². The van der Waals surface area contributed by atoms with Gasteiger partial charge in [0.15, 0.2) is 5.78 Å². The largest absolute Gasteiger partial charge is 0.398 e. The van der Waals surface area contributed by atoms with E-state index in [1.165, 1.54) is 11.3 Å². The lowest BCUT2D eigenvalue weighted by atomic mass is 10.2. The molecule has 1 heterocycles. The van der Waals surface area contributed by atoms with E-state index in [9.17, 15) is 4.79 Å². The van der Waals surface area contributed by atoms with E-state index in [4.69, 9.17) is 5.73 Å². The average molecular weight is 155 g/mol. The van der Waals surface area contributed by atoms with Crippen molar-refractivity contribution in [2.45, 2.75) is 13.8 Å². The number of nitrogen functional groups attached to an aromatic ring is 1. The van der Waals surface area contributed by atoms with Crippen LogP contribution in [-0.4, -0.2) is 5.78 Å². The third-order valence-electron chi connectivity index (χ3n) is 1.40. The first-order chi connectivity index (χ1) is 4.63. The molecule has 0 fully saturated rings. The van der Waals surface area contributed by atoms with Gasteiger partial charge in [-0.25, -0.2) is 0 Å². The molecule has 0 unspecified atom stereocenters. The van der Waals surface area contributed by atoms with Crippen molar-refractivity contribution in [1.82, 2.24) is 0 Å². The van der Waals surface area contributed by atoms with Crippen LogP contribution in [0.25, 0.3) is 0 Å². The van der Waals surface area contributed by atoms with Crippen molar-refractivity contribution in [2.24, 2.45) is 0 Å². The fourth-order valence-corrected chi connectivity index (χ4v) is 1.66. The predicted octanol–water partition coefficient (Wildman–Crippen LogP) is 1.84. The molecule has 0 spiro atoms. The summed E-state index contributed by atoms with van der Waals surface area (Å²) in [7, 11) is 0. The van der Waals surface area contributed by atoms with Gasteiger partial charge >= 0.3 is 0 Å². The van der Waals surface area contributed by atoms with Crippen LogP contribution in [0.5, 0.6) is 0 Å². The minimum absolute atomic E-state index is 0.0965. The van der Waals surface area contributed by atoms with Gasteiger partial charge in [-0.1, -0.05) is 0 Å². The Bertz CT molecular complexity index is 265. The van der Waals surface area contributed by atoms with E-state index in [1.807, 2.05) is 6.92 Å². The molecule has 0 aliphatic heterocycles. The van der Waals surface area contributed by atoms with Crippen LogP contribution in [0.2, 0.25) is 0 Å². The van der Waals surface area contributed by atoms with Gasteiger partial charge in [0.05, 0.1) is 4.88 Å². The van der Waals surface area contributed by atoms with Gasteiger partial charge in [0.2, 0.25) is 0 Å². The first-order valence-electron chi connectivity index (χ1n) is 2.97. The lowest BCUT2D eigenvalue weighted by molar-refractivity contribution is 0.102. The van der Waals surface area contributed by atoms with Gasteiger partial charge in [0, 0.05) is 11.1 Å². The van der Waals surface area contributed by atoms with Crippen molar-refractivity contribution in [3.8, 4) is 0 Å². The highest BCUT2D eigenvalue weighted by molar-refractivity contribution is 7.12. The summed E-state index contributed by atoms with van der Waals surface area (Å²) in [6.07, 6.45) is 0. The molecule has 0 radical (unpaired) electrons. The summed E-state index contributed by atoms with van der Waals surface area (Å²) >= 11 is 1.41. The van der Waals surface area contributed by atoms with Crippen molar-refractivity contribution < 1.29 is 4.79 Å². The molecule has 0 saturated carbocycles. The number of nitrogens with two attached hydrogens (primary N) is 1. The van der Waals surface area contributed by atoms with Crippen molar-refractivity contribution in [2.75, 3.05) is 5.73 Å². The smallest absolute Gasteiger partial charge is 0.170 e. The third-order valence-corrected chi connectivity index (χ3v) is 2.60. The highest BCUT2D eigenvalue weighted by atomic mass is 32.1. The number of ketones is 1. The first kappa shape index (κ1) is 7.28. The normalized spacial score (nSPS) is 9.80. The summed E-state index contributed by atoms with van der Waals surface area (Å²) in [4.78, 5) is 11.6. The molecule has 1 rings (SSSR count). The first-order valence-corrected chi connectivity index (χ1v) is 3.85. The fourth-order valence-electron chi connectivity index (χ4n) is 0.777. The Kier molecular flexibility index (Phi) is 1.76. The van der Waals surface area contributed by atoms with Gasteiger partial charge in [-0.3, -0.25) is 4.79 Å². The number of Topliss-reactive ketones (excluding diaryl/α,β-unsaturated/α-hetero) is 1. The Morgan fingerprint density at radius 3 is 2.50 bits per heavy atom. The molecule has 0 bridgehead atoms. The summed E-state index contributed by atoms with van der Waals surface area (Å²) in [5, 5.41) is 1.80. The Morgan fingerprint density at radius 1 is 1.70 bits per heavy atom. The second kappa shape index (κ2) is 2.42. The highest BCUT2D eigenvalue weighted by Gasteiger charge is 2.07. The Hall–Kier alpha value is -0.830. The van der Waals surface area contributed by atoms with E-state index in [0.29, 0.717) is 0 Å². The quantitative estimate of drug-likeness (QED) is 0.629. The van der Waals surface area contributed by atoms with Crippen molar-refractivity contribution in [3.63, 3.8) is 0 Å². The lowest BCUT2D eigenvalue weighted by Gasteiger charge is -1.91. The topological polar surface area (TPSA) is 43.1 Å². The summed E-state index contributed by atoms with van der Waals surface area (Å²) in [5.41, 5.74) is 7.17. The van der Waals surface area contributed by atoms with E-state index < -0.39 is 0 Å². The maximum Gasteiger partial charge on any atom is 0.170 e. The van der Waals surface area contributed by atoms with Crippen molar-refractivity contribution in [3.05, 3.63) is 15.8 Å². The molecular formula is C7H9NOS. The van der Waals surface area contributed by atoms with Crippen LogP contribution in [-0.2, 0) is 0 Å². The summed E-state index contributed by atoms with van der Waals surface area (Å²) in [6.45, 7) is 3.42. The summed E-state index contributed by atoms with van der Waals surface area (Å²) < 4.78 is 0. The van der Waals surface area contributed by atoms with Gasteiger partial charge in [0.1, 0.15) is 0 Å². The molecule has 0 amide bonds. The van der Waals surface area contributed by atoms with Crippen LogP contribution in [0.4, 0.5) is 5.69 Å². The van der Waals surface area contributed by atoms with Crippen LogP contribution in [0.1, 0.15) is 22.2 Å². The maximum atomic E-state index is 10.8. The molecule has 1 aromatic heterocycles. The molecule has 0 saturated heterocycles. The van der Waals surface area contributed by atoms with Gasteiger partial charge in [-0.05, 0) is 19.4 Å². The lowest BCUT2D eigenvalue weighted by Crippen LogP contribution is -1.91. The van der Waals surface area contributed by atoms with Gasteiger partial charge in [-0.2, -0.15) is 0 Å². The number of anilines is 1. The van der Waals surface area contributed by atoms with Gasteiger partial charge in [0.25, 0.3) is 0 Å². The molecule has 2 N–H and O–H groups in total. The predicted molar refractivity (Wildman–Crippen MR) is 43.5 cm³/mol. The van der Waals surface area contributed by atoms with Crippen LogP contribution in [0.15, 0.2) is 5.38 Å². The van der Waals surface area contributed by atoms with Crippen LogP contribution in [0, 0.1) is 6.92 Å². The van der Waals surface area contributed by atoms with E-state index in [2.05, 4.69) is 0 Å². The fraction of sp³-hybridized carbons (Fsp3) is 0.286.